The quantitative estimate of drug-likeness (QED) is 0.801. The molecule has 28 heavy (non-hydrogen) atoms. The van der Waals surface area contributed by atoms with Gasteiger partial charge in [-0.15, -0.1) is 24.2 Å². The van der Waals surface area contributed by atoms with Crippen molar-refractivity contribution in [3.63, 3.8) is 0 Å². The Morgan fingerprint density at radius 2 is 1.82 bits per heavy atom. The fourth-order valence-electron chi connectivity index (χ4n) is 3.91. The number of fused-ring (bicyclic) bond motifs is 1. The van der Waals surface area contributed by atoms with Crippen molar-refractivity contribution in [1.82, 2.24) is 4.90 Å². The van der Waals surface area contributed by atoms with Crippen molar-refractivity contribution in [3.05, 3.63) is 60.2 Å². The Kier molecular flexibility index (Phi) is 6.65. The molecule has 2 amide bonds. The summed E-state index contributed by atoms with van der Waals surface area (Å²) in [5.41, 5.74) is 8.02. The van der Waals surface area contributed by atoms with Crippen LogP contribution in [-0.4, -0.2) is 41.6 Å². The summed E-state index contributed by atoms with van der Waals surface area (Å²) >= 11 is 1.47. The Hall–Kier alpha value is -2.02. The van der Waals surface area contributed by atoms with Crippen LogP contribution in [0.5, 0.6) is 0 Å². The maximum Gasteiger partial charge on any atom is 0.238 e. The van der Waals surface area contributed by atoms with Gasteiger partial charge >= 0.3 is 0 Å². The predicted molar refractivity (Wildman–Crippen MR) is 115 cm³/mol. The molecule has 2 aliphatic heterocycles. The zero-order valence-electron chi connectivity index (χ0n) is 15.4. The molecule has 1 fully saturated rings. The van der Waals surface area contributed by atoms with Crippen molar-refractivity contribution in [2.75, 3.05) is 25.0 Å². The van der Waals surface area contributed by atoms with Crippen LogP contribution in [-0.2, 0) is 9.59 Å². The standard InChI is InChI=1S/C21H23N3O2S.ClH/c22-11-15-12-24(13-16(15)14-6-2-1-3-7-14)20(25)10-19-21(26)23-17-8-4-5-9-18(17)27-19;/h1-9,15-16,19H,10-13,22H2,(H,23,26);1H/t15-,16+,19?;/m1./s1. The van der Waals surface area contributed by atoms with E-state index in [-0.39, 0.29) is 47.7 Å². The normalized spacial score (nSPS) is 23.5. The molecule has 148 valence electrons. The minimum absolute atomic E-state index is 0. The molecule has 0 radical (unpaired) electrons. The molecule has 7 heteroatoms. The molecule has 1 saturated heterocycles. The Morgan fingerprint density at radius 3 is 2.57 bits per heavy atom. The summed E-state index contributed by atoms with van der Waals surface area (Å²) in [4.78, 5) is 28.2. The number of nitrogens with two attached hydrogens (primary N) is 1. The summed E-state index contributed by atoms with van der Waals surface area (Å²) in [7, 11) is 0. The number of amides is 2. The first kappa shape index (κ1) is 20.7. The molecular formula is C21H24ClN3O2S. The van der Waals surface area contributed by atoms with E-state index in [4.69, 9.17) is 5.73 Å². The van der Waals surface area contributed by atoms with Crippen LogP contribution in [0.15, 0.2) is 59.5 Å². The van der Waals surface area contributed by atoms with Crippen molar-refractivity contribution in [2.45, 2.75) is 22.5 Å². The van der Waals surface area contributed by atoms with Crippen LogP contribution in [0.3, 0.4) is 0 Å². The van der Waals surface area contributed by atoms with Crippen LogP contribution in [0.1, 0.15) is 17.9 Å². The average molecular weight is 418 g/mol. The third-order valence-corrected chi connectivity index (χ3v) is 6.67. The Bertz CT molecular complexity index is 849. The first-order valence-electron chi connectivity index (χ1n) is 9.25. The molecule has 0 aliphatic carbocycles. The molecule has 4 rings (SSSR count). The van der Waals surface area contributed by atoms with Crippen LogP contribution < -0.4 is 11.1 Å². The summed E-state index contributed by atoms with van der Waals surface area (Å²) in [6, 6.07) is 17.9. The van der Waals surface area contributed by atoms with Gasteiger partial charge < -0.3 is 16.0 Å². The number of anilines is 1. The van der Waals surface area contributed by atoms with Crippen molar-refractivity contribution in [3.8, 4) is 0 Å². The minimum Gasteiger partial charge on any atom is -0.342 e. The van der Waals surface area contributed by atoms with Gasteiger partial charge in [-0.05, 0) is 30.2 Å². The number of hydrogen-bond donors (Lipinski definition) is 2. The van der Waals surface area contributed by atoms with Crippen molar-refractivity contribution in [1.29, 1.82) is 0 Å². The van der Waals surface area contributed by atoms with Gasteiger partial charge in [0.2, 0.25) is 11.8 Å². The number of halogens is 1. The number of likely N-dealkylation sites (tertiary alicyclic amines) is 1. The smallest absolute Gasteiger partial charge is 0.238 e. The molecule has 2 aromatic carbocycles. The van der Waals surface area contributed by atoms with Gasteiger partial charge in [0.1, 0.15) is 0 Å². The molecular weight excluding hydrogens is 394 g/mol. The summed E-state index contributed by atoms with van der Waals surface area (Å²) in [5.74, 6) is 0.443. The number of thioether (sulfide) groups is 1. The highest BCUT2D eigenvalue weighted by molar-refractivity contribution is 8.01. The van der Waals surface area contributed by atoms with E-state index in [0.717, 1.165) is 10.6 Å². The van der Waals surface area contributed by atoms with Gasteiger partial charge in [0.25, 0.3) is 0 Å². The summed E-state index contributed by atoms with van der Waals surface area (Å²) in [6.45, 7) is 1.88. The number of rotatable bonds is 4. The third kappa shape index (κ3) is 4.19. The fourth-order valence-corrected chi connectivity index (χ4v) is 5.01. The second-order valence-corrected chi connectivity index (χ2v) is 8.35. The number of nitrogens with zero attached hydrogens (tertiary/aromatic N) is 1. The Morgan fingerprint density at radius 1 is 1.11 bits per heavy atom. The number of para-hydroxylation sites is 1. The SMILES string of the molecule is Cl.NC[C@@H]1CN(C(=O)CC2Sc3ccccc3NC2=O)C[C@H]1c1ccccc1. The van der Waals surface area contributed by atoms with Crippen LogP contribution in [0.4, 0.5) is 5.69 Å². The predicted octanol–water partition coefficient (Wildman–Crippen LogP) is 3.11. The number of benzene rings is 2. The lowest BCUT2D eigenvalue weighted by Gasteiger charge is -2.25. The molecule has 1 unspecified atom stereocenters. The topological polar surface area (TPSA) is 75.4 Å². The maximum atomic E-state index is 12.9. The summed E-state index contributed by atoms with van der Waals surface area (Å²) in [5, 5.41) is 2.52. The molecule has 0 aromatic heterocycles. The van der Waals surface area contributed by atoms with E-state index in [1.807, 2.05) is 47.4 Å². The lowest BCUT2D eigenvalue weighted by molar-refractivity contribution is -0.131. The lowest BCUT2D eigenvalue weighted by Crippen LogP contribution is -2.37. The monoisotopic (exact) mass is 417 g/mol. The van der Waals surface area contributed by atoms with Crippen LogP contribution in [0, 0.1) is 5.92 Å². The van der Waals surface area contributed by atoms with E-state index in [1.165, 1.54) is 17.3 Å². The zero-order valence-corrected chi connectivity index (χ0v) is 17.0. The third-order valence-electron chi connectivity index (χ3n) is 5.39. The van der Waals surface area contributed by atoms with E-state index in [1.54, 1.807) is 0 Å². The molecule has 0 spiro atoms. The largest absolute Gasteiger partial charge is 0.342 e. The number of carbonyl (C=O) groups is 2. The van der Waals surface area contributed by atoms with Gasteiger partial charge in [-0.2, -0.15) is 0 Å². The van der Waals surface area contributed by atoms with Crippen molar-refractivity contribution in [2.24, 2.45) is 11.7 Å². The van der Waals surface area contributed by atoms with Gasteiger partial charge in [0.05, 0.1) is 10.9 Å². The van der Waals surface area contributed by atoms with Gasteiger partial charge in [0, 0.05) is 30.3 Å². The van der Waals surface area contributed by atoms with E-state index < -0.39 is 0 Å². The van der Waals surface area contributed by atoms with Crippen molar-refractivity contribution >= 4 is 41.7 Å². The summed E-state index contributed by atoms with van der Waals surface area (Å²) in [6.07, 6.45) is 0.212. The van der Waals surface area contributed by atoms with Crippen LogP contribution >= 0.6 is 24.2 Å². The highest BCUT2D eigenvalue weighted by Crippen LogP contribution is 2.38. The van der Waals surface area contributed by atoms with E-state index >= 15 is 0 Å². The van der Waals surface area contributed by atoms with E-state index in [0.29, 0.717) is 19.6 Å². The number of nitrogens with one attached hydrogen (secondary N) is 1. The Balaban J connectivity index is 0.00000225. The number of hydrogen-bond acceptors (Lipinski definition) is 4. The van der Waals surface area contributed by atoms with Gasteiger partial charge in [-0.1, -0.05) is 42.5 Å². The van der Waals surface area contributed by atoms with Gasteiger partial charge in [-0.3, -0.25) is 9.59 Å². The molecule has 2 aromatic rings. The number of carbonyl (C=O) groups excluding carboxylic acids is 2. The molecule has 2 aliphatic rings. The second-order valence-electron chi connectivity index (χ2n) is 7.11. The zero-order chi connectivity index (χ0) is 18.8. The lowest BCUT2D eigenvalue weighted by atomic mass is 9.89. The Labute approximate surface area is 175 Å². The molecule has 2 heterocycles. The molecule has 3 atom stereocenters. The highest BCUT2D eigenvalue weighted by Gasteiger charge is 2.37. The fraction of sp³-hybridized carbons (Fsp3) is 0.333. The van der Waals surface area contributed by atoms with Crippen molar-refractivity contribution < 1.29 is 9.59 Å². The molecule has 5 nitrogen and oxygen atoms in total. The van der Waals surface area contributed by atoms with Crippen LogP contribution in [0.2, 0.25) is 0 Å². The first-order chi connectivity index (χ1) is 13.2. The van der Waals surface area contributed by atoms with Crippen LogP contribution in [0.25, 0.3) is 0 Å². The van der Waals surface area contributed by atoms with E-state index in [2.05, 4.69) is 17.4 Å². The van der Waals surface area contributed by atoms with Gasteiger partial charge in [-0.25, -0.2) is 0 Å². The summed E-state index contributed by atoms with van der Waals surface area (Å²) < 4.78 is 0. The second kappa shape index (κ2) is 8.99. The minimum atomic E-state index is -0.389. The first-order valence-corrected chi connectivity index (χ1v) is 10.1. The molecule has 0 bridgehead atoms. The van der Waals surface area contributed by atoms with E-state index in [9.17, 15) is 9.59 Å². The molecule has 3 N–H and O–H groups in total. The maximum absolute atomic E-state index is 12.9. The molecule has 0 saturated carbocycles. The average Bonchev–Trinajstić information content (AvgIpc) is 3.14. The highest BCUT2D eigenvalue weighted by atomic mass is 35.5. The van der Waals surface area contributed by atoms with Gasteiger partial charge in [0.15, 0.2) is 0 Å².